The third-order valence-electron chi connectivity index (χ3n) is 2.48. The molecule has 0 aliphatic carbocycles. The van der Waals surface area contributed by atoms with Crippen molar-refractivity contribution >= 4 is 5.91 Å². The average Bonchev–Trinajstić information content (AvgIpc) is 2.46. The summed E-state index contributed by atoms with van der Waals surface area (Å²) in [5.74, 6) is -0.574. The largest absolute Gasteiger partial charge is 0.419 e. The van der Waals surface area contributed by atoms with Gasteiger partial charge in [0.05, 0.1) is 12.6 Å². The lowest BCUT2D eigenvalue weighted by Gasteiger charge is -2.26. The first kappa shape index (κ1) is 12.3. The fourth-order valence-electron chi connectivity index (χ4n) is 1.50. The Morgan fingerprint density at radius 1 is 1.60 bits per heavy atom. The van der Waals surface area contributed by atoms with Crippen molar-refractivity contribution in [3.63, 3.8) is 0 Å². The Kier molecular flexibility index (Phi) is 2.97. The number of aliphatic hydroxyl groups is 1. The SMILES string of the molecule is C[C@@H](N)C(=O)N1CC[C@](O)(C(F)(F)F)C1. The van der Waals surface area contributed by atoms with Gasteiger partial charge in [-0.3, -0.25) is 4.79 Å². The van der Waals surface area contributed by atoms with Gasteiger partial charge in [-0.1, -0.05) is 0 Å². The number of nitrogens with zero attached hydrogens (tertiary/aromatic N) is 1. The number of alkyl halides is 3. The molecule has 0 unspecified atom stereocenters. The molecule has 3 N–H and O–H groups in total. The molecule has 1 aliphatic heterocycles. The number of carbonyl (C=O) groups excluding carboxylic acids is 1. The van der Waals surface area contributed by atoms with Gasteiger partial charge in [0.2, 0.25) is 5.91 Å². The van der Waals surface area contributed by atoms with Crippen LogP contribution in [0.5, 0.6) is 0 Å². The number of amides is 1. The monoisotopic (exact) mass is 226 g/mol. The molecule has 1 aliphatic rings. The van der Waals surface area contributed by atoms with Gasteiger partial charge in [-0.25, -0.2) is 0 Å². The van der Waals surface area contributed by atoms with E-state index in [4.69, 9.17) is 5.73 Å². The van der Waals surface area contributed by atoms with Crippen molar-refractivity contribution in [2.75, 3.05) is 13.1 Å². The van der Waals surface area contributed by atoms with Crippen molar-refractivity contribution in [2.24, 2.45) is 5.73 Å². The molecule has 4 nitrogen and oxygen atoms in total. The number of hydrogen-bond acceptors (Lipinski definition) is 3. The van der Waals surface area contributed by atoms with Crippen LogP contribution in [-0.2, 0) is 4.79 Å². The number of rotatable bonds is 1. The van der Waals surface area contributed by atoms with E-state index in [2.05, 4.69) is 0 Å². The van der Waals surface area contributed by atoms with Crippen LogP contribution < -0.4 is 5.73 Å². The maximum atomic E-state index is 12.4. The summed E-state index contributed by atoms with van der Waals surface area (Å²) in [7, 11) is 0. The molecule has 0 bridgehead atoms. The van der Waals surface area contributed by atoms with Crippen LogP contribution in [0.15, 0.2) is 0 Å². The molecule has 1 amide bonds. The first-order chi connectivity index (χ1) is 6.67. The van der Waals surface area contributed by atoms with E-state index < -0.39 is 36.7 Å². The lowest BCUT2D eigenvalue weighted by atomic mass is 10.0. The fraction of sp³-hybridized carbons (Fsp3) is 0.875. The number of hydrogen-bond donors (Lipinski definition) is 2. The zero-order valence-electron chi connectivity index (χ0n) is 8.21. The molecule has 1 fully saturated rings. The molecule has 0 aromatic heterocycles. The molecule has 0 saturated carbocycles. The van der Waals surface area contributed by atoms with Gasteiger partial charge in [0, 0.05) is 13.0 Å². The summed E-state index contributed by atoms with van der Waals surface area (Å²) in [6, 6.07) is -0.847. The summed E-state index contributed by atoms with van der Waals surface area (Å²) in [5, 5.41) is 9.27. The zero-order chi connectivity index (χ0) is 11.9. The van der Waals surface area contributed by atoms with E-state index >= 15 is 0 Å². The predicted octanol–water partition coefficient (Wildman–Crippen LogP) is -0.141. The molecule has 15 heavy (non-hydrogen) atoms. The van der Waals surface area contributed by atoms with E-state index in [0.717, 1.165) is 4.90 Å². The molecule has 0 aromatic carbocycles. The normalized spacial score (nSPS) is 29.3. The van der Waals surface area contributed by atoms with E-state index in [9.17, 15) is 23.1 Å². The van der Waals surface area contributed by atoms with Crippen LogP contribution in [0.25, 0.3) is 0 Å². The Morgan fingerprint density at radius 2 is 2.13 bits per heavy atom. The standard InChI is InChI=1S/C8H13F3N2O2/c1-5(12)6(14)13-3-2-7(15,4-13)8(9,10)11/h5,15H,2-4,12H2,1H3/t5-,7-/m1/s1. The molecule has 0 spiro atoms. The molecular weight excluding hydrogens is 213 g/mol. The summed E-state index contributed by atoms with van der Waals surface area (Å²) in [4.78, 5) is 12.2. The second kappa shape index (κ2) is 3.64. The summed E-state index contributed by atoms with van der Waals surface area (Å²) in [6.07, 6.45) is -5.20. The molecular formula is C8H13F3N2O2. The Morgan fingerprint density at radius 3 is 2.47 bits per heavy atom. The minimum Gasteiger partial charge on any atom is -0.379 e. The quantitative estimate of drug-likeness (QED) is 0.654. The second-order valence-corrected chi connectivity index (χ2v) is 3.83. The number of halogens is 3. The highest BCUT2D eigenvalue weighted by atomic mass is 19.4. The Labute approximate surface area is 84.8 Å². The van der Waals surface area contributed by atoms with Gasteiger partial charge < -0.3 is 15.7 Å². The van der Waals surface area contributed by atoms with Crippen LogP contribution in [-0.4, -0.2) is 46.8 Å². The number of carbonyl (C=O) groups is 1. The van der Waals surface area contributed by atoms with E-state index in [1.807, 2.05) is 0 Å². The van der Waals surface area contributed by atoms with E-state index in [1.165, 1.54) is 6.92 Å². The van der Waals surface area contributed by atoms with Gasteiger partial charge in [-0.15, -0.1) is 0 Å². The van der Waals surface area contributed by atoms with E-state index in [1.54, 1.807) is 0 Å². The third-order valence-corrected chi connectivity index (χ3v) is 2.48. The first-order valence-corrected chi connectivity index (χ1v) is 4.51. The van der Waals surface area contributed by atoms with E-state index in [0.29, 0.717) is 0 Å². The lowest BCUT2D eigenvalue weighted by Crippen LogP contribution is -2.49. The minimum atomic E-state index is -4.71. The van der Waals surface area contributed by atoms with Crippen molar-refractivity contribution in [3.8, 4) is 0 Å². The van der Waals surface area contributed by atoms with Gasteiger partial charge in [-0.2, -0.15) is 13.2 Å². The fourth-order valence-corrected chi connectivity index (χ4v) is 1.50. The average molecular weight is 226 g/mol. The van der Waals surface area contributed by atoms with Crippen molar-refractivity contribution in [3.05, 3.63) is 0 Å². The van der Waals surface area contributed by atoms with Gasteiger partial charge in [-0.05, 0) is 6.92 Å². The Bertz CT molecular complexity index is 267. The van der Waals surface area contributed by atoms with Crippen LogP contribution >= 0.6 is 0 Å². The highest BCUT2D eigenvalue weighted by Gasteiger charge is 2.57. The van der Waals surface area contributed by atoms with Crippen LogP contribution in [0.1, 0.15) is 13.3 Å². The minimum absolute atomic E-state index is 0.115. The highest BCUT2D eigenvalue weighted by Crippen LogP contribution is 2.37. The zero-order valence-corrected chi connectivity index (χ0v) is 8.21. The summed E-state index contributed by atoms with van der Waals surface area (Å²) < 4.78 is 37.1. The Balaban J connectivity index is 2.71. The topological polar surface area (TPSA) is 66.6 Å². The third kappa shape index (κ3) is 2.23. The second-order valence-electron chi connectivity index (χ2n) is 3.83. The van der Waals surface area contributed by atoms with Crippen LogP contribution in [0.2, 0.25) is 0 Å². The maximum absolute atomic E-state index is 12.4. The predicted molar refractivity (Wildman–Crippen MR) is 45.9 cm³/mol. The molecule has 2 atom stereocenters. The van der Waals surface area contributed by atoms with Crippen LogP contribution in [0.3, 0.4) is 0 Å². The summed E-state index contributed by atoms with van der Waals surface area (Å²) in [5.41, 5.74) is 2.48. The van der Waals surface area contributed by atoms with Crippen LogP contribution in [0, 0.1) is 0 Å². The number of likely N-dealkylation sites (tertiary alicyclic amines) is 1. The summed E-state index contributed by atoms with van der Waals surface area (Å²) in [6.45, 7) is 0.556. The summed E-state index contributed by atoms with van der Waals surface area (Å²) >= 11 is 0. The van der Waals surface area contributed by atoms with Gasteiger partial charge in [0.25, 0.3) is 0 Å². The molecule has 1 rings (SSSR count). The first-order valence-electron chi connectivity index (χ1n) is 4.51. The van der Waals surface area contributed by atoms with Crippen molar-refractivity contribution in [2.45, 2.75) is 31.2 Å². The molecule has 7 heteroatoms. The van der Waals surface area contributed by atoms with Crippen molar-refractivity contribution in [1.29, 1.82) is 0 Å². The molecule has 88 valence electrons. The molecule has 1 heterocycles. The molecule has 1 saturated heterocycles. The van der Waals surface area contributed by atoms with Gasteiger partial charge in [0.1, 0.15) is 0 Å². The number of β-amino-alcohol motifs (C(OH)–C–C–N with tert-alkyl or cyclic N) is 1. The Hall–Kier alpha value is -0.820. The van der Waals surface area contributed by atoms with E-state index in [-0.39, 0.29) is 6.54 Å². The van der Waals surface area contributed by atoms with Crippen molar-refractivity contribution < 1.29 is 23.1 Å². The molecule has 0 radical (unpaired) electrons. The molecule has 0 aromatic rings. The highest BCUT2D eigenvalue weighted by molar-refractivity contribution is 5.81. The smallest absolute Gasteiger partial charge is 0.379 e. The lowest BCUT2D eigenvalue weighted by molar-refractivity contribution is -0.253. The van der Waals surface area contributed by atoms with Crippen LogP contribution in [0.4, 0.5) is 13.2 Å². The number of nitrogens with two attached hydrogens (primary N) is 1. The maximum Gasteiger partial charge on any atom is 0.419 e. The van der Waals surface area contributed by atoms with Gasteiger partial charge >= 0.3 is 6.18 Å². The van der Waals surface area contributed by atoms with Gasteiger partial charge in [0.15, 0.2) is 5.60 Å². The van der Waals surface area contributed by atoms with Crippen molar-refractivity contribution in [1.82, 2.24) is 4.90 Å².